The van der Waals surface area contributed by atoms with Crippen molar-refractivity contribution in [2.75, 3.05) is 0 Å². The average molecular weight is 246 g/mol. The summed E-state index contributed by atoms with van der Waals surface area (Å²) in [6.45, 7) is 0. The molecule has 0 amide bonds. The second-order valence-corrected chi connectivity index (χ2v) is 4.99. The van der Waals surface area contributed by atoms with Gasteiger partial charge in [-0.25, -0.2) is 4.79 Å². The van der Waals surface area contributed by atoms with Crippen LogP contribution in [-0.4, -0.2) is 20.2 Å². The summed E-state index contributed by atoms with van der Waals surface area (Å²) in [4.78, 5) is 23.1. The van der Waals surface area contributed by atoms with Gasteiger partial charge in [-0.3, -0.25) is 13.9 Å². The van der Waals surface area contributed by atoms with Gasteiger partial charge in [0.1, 0.15) is 0 Å². The number of carbonyl (C=O) groups is 1. The van der Waals surface area contributed by atoms with E-state index in [9.17, 15) is 14.7 Å². The Labute approximate surface area is 103 Å². The zero-order chi connectivity index (χ0) is 13.1. The number of hydrogen-bond donors (Lipinski definition) is 1. The van der Waals surface area contributed by atoms with Crippen LogP contribution in [0.5, 0.6) is 0 Å². The van der Waals surface area contributed by atoms with E-state index in [-0.39, 0.29) is 5.69 Å². The maximum Gasteiger partial charge on any atom is 0.328 e. The van der Waals surface area contributed by atoms with E-state index >= 15 is 0 Å². The lowest BCUT2D eigenvalue weighted by Gasteiger charge is -2.10. The van der Waals surface area contributed by atoms with E-state index in [1.54, 1.807) is 23.2 Å². The molecule has 1 aliphatic rings. The molecule has 3 rings (SSSR count). The highest BCUT2D eigenvalue weighted by Crippen LogP contribution is 2.48. The van der Waals surface area contributed by atoms with Crippen molar-refractivity contribution in [2.45, 2.75) is 18.3 Å². The molecular formula is C13H14N2O3. The third-order valence-corrected chi connectivity index (χ3v) is 3.98. The molecule has 0 radical (unpaired) electrons. The van der Waals surface area contributed by atoms with Crippen molar-refractivity contribution in [3.05, 3.63) is 34.2 Å². The molecule has 1 N–H and O–H groups in total. The van der Waals surface area contributed by atoms with Crippen LogP contribution >= 0.6 is 0 Å². The van der Waals surface area contributed by atoms with E-state index in [1.807, 2.05) is 18.2 Å². The molecule has 94 valence electrons. The molecule has 18 heavy (non-hydrogen) atoms. The van der Waals surface area contributed by atoms with Crippen molar-refractivity contribution in [1.82, 2.24) is 9.13 Å². The van der Waals surface area contributed by atoms with E-state index < -0.39 is 11.4 Å². The number of aliphatic carboxylic acids is 1. The molecule has 1 aromatic heterocycles. The molecule has 5 heteroatoms. The maximum absolute atomic E-state index is 11.8. The van der Waals surface area contributed by atoms with Gasteiger partial charge >= 0.3 is 11.7 Å². The second-order valence-electron chi connectivity index (χ2n) is 4.99. The third kappa shape index (κ3) is 1.21. The number of carboxylic acid groups (broad SMARTS) is 1. The van der Waals surface area contributed by atoms with Crippen LogP contribution in [0.2, 0.25) is 0 Å². The SMILES string of the molecule is Cn1c(=O)n(C)c2cc(C3(C(=O)O)CC3)ccc21. The fraction of sp³-hybridized carbons (Fsp3) is 0.385. The largest absolute Gasteiger partial charge is 0.481 e. The van der Waals surface area contributed by atoms with E-state index in [0.29, 0.717) is 12.8 Å². The summed E-state index contributed by atoms with van der Waals surface area (Å²) in [5.41, 5.74) is 1.59. The molecule has 0 bridgehead atoms. The normalized spacial score (nSPS) is 17.0. The number of carboxylic acids is 1. The van der Waals surface area contributed by atoms with Crippen molar-refractivity contribution in [2.24, 2.45) is 14.1 Å². The monoisotopic (exact) mass is 246 g/mol. The Kier molecular flexibility index (Phi) is 2.00. The van der Waals surface area contributed by atoms with Crippen LogP contribution in [0, 0.1) is 0 Å². The first kappa shape index (κ1) is 11.1. The standard InChI is InChI=1S/C13H14N2O3/c1-14-9-4-3-8(13(5-6-13)11(16)17)7-10(9)15(2)12(14)18/h3-4,7H,5-6H2,1-2H3,(H,16,17). The number of benzene rings is 1. The van der Waals surface area contributed by atoms with Crippen molar-refractivity contribution in [3.63, 3.8) is 0 Å². The number of rotatable bonds is 2. The van der Waals surface area contributed by atoms with Gasteiger partial charge in [-0.2, -0.15) is 0 Å². The highest BCUT2D eigenvalue weighted by molar-refractivity contribution is 5.87. The molecule has 1 fully saturated rings. The van der Waals surface area contributed by atoms with E-state index in [2.05, 4.69) is 0 Å². The van der Waals surface area contributed by atoms with Crippen LogP contribution in [0.4, 0.5) is 0 Å². The van der Waals surface area contributed by atoms with E-state index in [4.69, 9.17) is 0 Å². The van der Waals surface area contributed by atoms with Crippen LogP contribution < -0.4 is 5.69 Å². The molecular weight excluding hydrogens is 232 g/mol. The Morgan fingerprint density at radius 1 is 1.22 bits per heavy atom. The maximum atomic E-state index is 11.8. The third-order valence-electron chi connectivity index (χ3n) is 3.98. The molecule has 2 aromatic rings. The minimum Gasteiger partial charge on any atom is -0.481 e. The predicted molar refractivity (Wildman–Crippen MR) is 66.7 cm³/mol. The number of aromatic nitrogens is 2. The zero-order valence-electron chi connectivity index (χ0n) is 10.3. The average Bonchev–Trinajstić information content (AvgIpc) is 3.13. The number of hydrogen-bond acceptors (Lipinski definition) is 2. The van der Waals surface area contributed by atoms with Gasteiger partial charge in [0.05, 0.1) is 16.4 Å². The van der Waals surface area contributed by atoms with Gasteiger partial charge in [-0.1, -0.05) is 6.07 Å². The Morgan fingerprint density at radius 2 is 1.83 bits per heavy atom. The van der Waals surface area contributed by atoms with Gasteiger partial charge in [-0.15, -0.1) is 0 Å². The topological polar surface area (TPSA) is 64.2 Å². The van der Waals surface area contributed by atoms with Gasteiger partial charge in [0, 0.05) is 14.1 Å². The second kappa shape index (κ2) is 3.25. The highest BCUT2D eigenvalue weighted by Gasteiger charge is 2.51. The van der Waals surface area contributed by atoms with Gasteiger partial charge < -0.3 is 5.11 Å². The molecule has 5 nitrogen and oxygen atoms in total. The number of aryl methyl sites for hydroxylation is 2. The number of imidazole rings is 1. The van der Waals surface area contributed by atoms with Crippen molar-refractivity contribution < 1.29 is 9.90 Å². The summed E-state index contributed by atoms with van der Waals surface area (Å²) < 4.78 is 3.12. The Morgan fingerprint density at radius 3 is 2.39 bits per heavy atom. The van der Waals surface area contributed by atoms with E-state index in [1.165, 1.54) is 0 Å². The first-order chi connectivity index (χ1) is 8.47. The van der Waals surface area contributed by atoms with Crippen LogP contribution in [0.25, 0.3) is 11.0 Å². The quantitative estimate of drug-likeness (QED) is 0.859. The van der Waals surface area contributed by atoms with E-state index in [0.717, 1.165) is 16.6 Å². The minimum absolute atomic E-state index is 0.0951. The molecule has 0 atom stereocenters. The lowest BCUT2D eigenvalue weighted by atomic mass is 9.96. The van der Waals surface area contributed by atoms with Crippen molar-refractivity contribution >= 4 is 17.0 Å². The lowest BCUT2D eigenvalue weighted by molar-refractivity contribution is -0.140. The molecule has 0 spiro atoms. The first-order valence-electron chi connectivity index (χ1n) is 5.87. The highest BCUT2D eigenvalue weighted by atomic mass is 16.4. The fourth-order valence-corrected chi connectivity index (χ4v) is 2.56. The summed E-state index contributed by atoms with van der Waals surface area (Å²) in [5.74, 6) is -0.775. The summed E-state index contributed by atoms with van der Waals surface area (Å²) in [7, 11) is 3.42. The summed E-state index contributed by atoms with van der Waals surface area (Å²) in [6, 6.07) is 5.48. The molecule has 0 saturated heterocycles. The molecule has 1 aliphatic carbocycles. The Hall–Kier alpha value is -2.04. The fourth-order valence-electron chi connectivity index (χ4n) is 2.56. The van der Waals surface area contributed by atoms with Crippen LogP contribution in [0.3, 0.4) is 0 Å². The van der Waals surface area contributed by atoms with Gasteiger partial charge in [0.15, 0.2) is 0 Å². The van der Waals surface area contributed by atoms with Crippen LogP contribution in [0.1, 0.15) is 18.4 Å². The molecule has 0 aliphatic heterocycles. The summed E-state index contributed by atoms with van der Waals surface area (Å²) in [5, 5.41) is 9.28. The predicted octanol–water partition coefficient (Wildman–Crippen LogP) is 0.993. The lowest BCUT2D eigenvalue weighted by Crippen LogP contribution is -2.19. The minimum atomic E-state index is -0.775. The molecule has 1 saturated carbocycles. The molecule has 0 unspecified atom stereocenters. The number of nitrogens with zero attached hydrogens (tertiary/aromatic N) is 2. The molecule has 1 aromatic carbocycles. The van der Waals surface area contributed by atoms with Crippen molar-refractivity contribution in [1.29, 1.82) is 0 Å². The van der Waals surface area contributed by atoms with Crippen molar-refractivity contribution in [3.8, 4) is 0 Å². The number of fused-ring (bicyclic) bond motifs is 1. The smallest absolute Gasteiger partial charge is 0.328 e. The first-order valence-corrected chi connectivity index (χ1v) is 5.87. The zero-order valence-corrected chi connectivity index (χ0v) is 10.3. The Bertz CT molecular complexity index is 720. The van der Waals surface area contributed by atoms with Crippen LogP contribution in [0.15, 0.2) is 23.0 Å². The summed E-state index contributed by atoms with van der Waals surface area (Å²) >= 11 is 0. The summed E-state index contributed by atoms with van der Waals surface area (Å²) in [6.07, 6.45) is 1.35. The van der Waals surface area contributed by atoms with Gasteiger partial charge in [0.2, 0.25) is 0 Å². The van der Waals surface area contributed by atoms with Crippen LogP contribution in [-0.2, 0) is 24.3 Å². The van der Waals surface area contributed by atoms with Gasteiger partial charge in [-0.05, 0) is 30.5 Å². The molecule has 1 heterocycles. The van der Waals surface area contributed by atoms with Gasteiger partial charge in [0.25, 0.3) is 0 Å². The Balaban J connectivity index is 2.27.